The van der Waals surface area contributed by atoms with Crippen LogP contribution in [0, 0.1) is 0 Å². The molecule has 0 radical (unpaired) electrons. The number of nitrogens with zero attached hydrogens (tertiary/aromatic N) is 1. The summed E-state index contributed by atoms with van der Waals surface area (Å²) >= 11 is 14.8. The van der Waals surface area contributed by atoms with Crippen molar-refractivity contribution in [2.45, 2.75) is 24.1 Å². The average Bonchev–Trinajstić information content (AvgIpc) is 2.81. The van der Waals surface area contributed by atoms with Crippen LogP contribution in [0.2, 0.25) is 10.0 Å². The van der Waals surface area contributed by atoms with E-state index in [0.717, 1.165) is 36.8 Å². The zero-order valence-corrected chi connectivity index (χ0v) is 16.7. The third-order valence-corrected chi connectivity index (χ3v) is 7.33. The number of thioether (sulfide) groups is 1. The lowest BCUT2D eigenvalue weighted by Crippen LogP contribution is -2.44. The molecular weight excluding hydrogens is 385 g/mol. The number of para-hydroxylation sites is 1. The molecule has 3 nitrogen and oxygen atoms in total. The molecule has 0 amide bonds. The van der Waals surface area contributed by atoms with E-state index in [1.54, 1.807) is 0 Å². The predicted octanol–water partition coefficient (Wildman–Crippen LogP) is 5.25. The van der Waals surface area contributed by atoms with E-state index >= 15 is 0 Å². The number of rotatable bonds is 2. The van der Waals surface area contributed by atoms with Gasteiger partial charge in [0.25, 0.3) is 0 Å². The molecule has 2 N–H and O–H groups in total. The molecule has 0 bridgehead atoms. The van der Waals surface area contributed by atoms with Crippen LogP contribution in [0.5, 0.6) is 0 Å². The summed E-state index contributed by atoms with van der Waals surface area (Å²) in [5.41, 5.74) is 6.28. The molecule has 1 fully saturated rings. The monoisotopic (exact) mass is 405 g/mol. The van der Waals surface area contributed by atoms with Gasteiger partial charge in [0, 0.05) is 47.9 Å². The van der Waals surface area contributed by atoms with Gasteiger partial charge in [-0.2, -0.15) is 11.8 Å². The Hall–Kier alpha value is -1.07. The predicted molar refractivity (Wildman–Crippen MR) is 114 cm³/mol. The molecule has 136 valence electrons. The van der Waals surface area contributed by atoms with E-state index in [0.29, 0.717) is 22.0 Å². The molecule has 1 saturated heterocycles. The minimum absolute atomic E-state index is 0.573. The van der Waals surface area contributed by atoms with Crippen LogP contribution in [-0.2, 0) is 5.75 Å². The Kier molecular flexibility index (Phi) is 4.48. The molecule has 2 aromatic carbocycles. The van der Waals surface area contributed by atoms with Gasteiger partial charge in [-0.25, -0.2) is 0 Å². The Morgan fingerprint density at radius 3 is 2.88 bits per heavy atom. The lowest BCUT2D eigenvalue weighted by Gasteiger charge is -2.33. The molecule has 5 rings (SSSR count). The summed E-state index contributed by atoms with van der Waals surface area (Å²) in [6, 6.07) is 10.9. The van der Waals surface area contributed by atoms with Crippen LogP contribution in [0.15, 0.2) is 30.3 Å². The molecular formula is C20H21Cl2N3S. The molecule has 26 heavy (non-hydrogen) atoms. The van der Waals surface area contributed by atoms with E-state index < -0.39 is 0 Å². The van der Waals surface area contributed by atoms with Gasteiger partial charge in [-0.1, -0.05) is 29.3 Å². The molecule has 3 aliphatic rings. The fraction of sp³-hybridized carbons (Fsp3) is 0.400. The van der Waals surface area contributed by atoms with Crippen molar-refractivity contribution >= 4 is 52.0 Å². The van der Waals surface area contributed by atoms with Gasteiger partial charge in [0.15, 0.2) is 0 Å². The first-order valence-electron chi connectivity index (χ1n) is 9.15. The maximum atomic E-state index is 6.37. The van der Waals surface area contributed by atoms with E-state index in [1.807, 2.05) is 30.0 Å². The van der Waals surface area contributed by atoms with Gasteiger partial charge < -0.3 is 15.5 Å². The van der Waals surface area contributed by atoms with Gasteiger partial charge >= 0.3 is 0 Å². The quantitative estimate of drug-likeness (QED) is 0.713. The molecule has 3 heterocycles. The minimum Gasteiger partial charge on any atom is -0.367 e. The van der Waals surface area contributed by atoms with Crippen LogP contribution in [-0.4, -0.2) is 31.4 Å². The third-order valence-electron chi connectivity index (χ3n) is 5.72. The normalized spacial score (nSPS) is 24.0. The number of fused-ring (bicyclic) bond motifs is 3. The Balaban J connectivity index is 1.59. The lowest BCUT2D eigenvalue weighted by molar-refractivity contribution is 0.406. The van der Waals surface area contributed by atoms with Gasteiger partial charge in [0.1, 0.15) is 0 Å². The van der Waals surface area contributed by atoms with E-state index in [1.165, 1.54) is 29.0 Å². The Labute approximate surface area is 168 Å². The number of benzene rings is 2. The molecule has 2 aromatic rings. The van der Waals surface area contributed by atoms with Crippen molar-refractivity contribution < 1.29 is 0 Å². The smallest absolute Gasteiger partial charge is 0.0762 e. The van der Waals surface area contributed by atoms with Crippen LogP contribution in [0.4, 0.5) is 17.1 Å². The van der Waals surface area contributed by atoms with Crippen molar-refractivity contribution in [3.8, 4) is 0 Å². The van der Waals surface area contributed by atoms with Crippen molar-refractivity contribution in [3.05, 3.63) is 51.5 Å². The maximum absolute atomic E-state index is 6.37. The Morgan fingerprint density at radius 1 is 1.19 bits per heavy atom. The summed E-state index contributed by atoms with van der Waals surface area (Å²) in [7, 11) is 0. The van der Waals surface area contributed by atoms with Crippen molar-refractivity contribution in [2.75, 3.05) is 35.6 Å². The summed E-state index contributed by atoms with van der Waals surface area (Å²) in [6.07, 6.45) is 1.22. The number of nitrogens with one attached hydrogen (secondary N) is 2. The highest BCUT2D eigenvalue weighted by atomic mass is 35.5. The minimum atomic E-state index is 0.573. The van der Waals surface area contributed by atoms with Gasteiger partial charge in [0.2, 0.25) is 0 Å². The SMILES string of the molecule is Clc1cccc(Cl)c1Nc1cc2c3c(c1)C1CNCC[C@@H]1N3CCSC2. The molecule has 0 aliphatic carbocycles. The number of halogens is 2. The Bertz CT molecular complexity index is 837. The summed E-state index contributed by atoms with van der Waals surface area (Å²) in [4.78, 5) is 2.68. The fourth-order valence-corrected chi connectivity index (χ4v) is 6.02. The average molecular weight is 406 g/mol. The lowest BCUT2D eigenvalue weighted by atomic mass is 9.89. The molecule has 6 heteroatoms. The van der Waals surface area contributed by atoms with E-state index in [9.17, 15) is 0 Å². The van der Waals surface area contributed by atoms with Gasteiger partial charge in [-0.15, -0.1) is 0 Å². The summed E-state index contributed by atoms with van der Waals surface area (Å²) in [5, 5.41) is 8.38. The molecule has 0 spiro atoms. The highest BCUT2D eigenvalue weighted by molar-refractivity contribution is 7.98. The summed E-state index contributed by atoms with van der Waals surface area (Å²) in [5.74, 6) is 2.84. The topological polar surface area (TPSA) is 27.3 Å². The maximum Gasteiger partial charge on any atom is 0.0762 e. The van der Waals surface area contributed by atoms with Crippen molar-refractivity contribution in [2.24, 2.45) is 0 Å². The molecule has 0 saturated carbocycles. The second-order valence-electron chi connectivity index (χ2n) is 7.21. The number of hydrogen-bond acceptors (Lipinski definition) is 4. The van der Waals surface area contributed by atoms with Crippen LogP contribution in [0.25, 0.3) is 0 Å². The van der Waals surface area contributed by atoms with Crippen molar-refractivity contribution in [3.63, 3.8) is 0 Å². The molecule has 3 aliphatic heterocycles. The molecule has 0 aromatic heterocycles. The Morgan fingerprint density at radius 2 is 2.04 bits per heavy atom. The molecule has 1 unspecified atom stereocenters. The second kappa shape index (κ2) is 6.83. The number of piperidine rings is 1. The first kappa shape index (κ1) is 17.1. The number of anilines is 3. The van der Waals surface area contributed by atoms with Gasteiger partial charge in [0.05, 0.1) is 15.7 Å². The van der Waals surface area contributed by atoms with E-state index in [-0.39, 0.29) is 0 Å². The second-order valence-corrected chi connectivity index (χ2v) is 9.13. The third kappa shape index (κ3) is 2.78. The van der Waals surface area contributed by atoms with Crippen LogP contribution >= 0.6 is 35.0 Å². The van der Waals surface area contributed by atoms with Crippen LogP contribution in [0.3, 0.4) is 0 Å². The highest BCUT2D eigenvalue weighted by Crippen LogP contribution is 2.49. The van der Waals surface area contributed by atoms with E-state index in [4.69, 9.17) is 23.2 Å². The molecule has 2 atom stereocenters. The number of hydrogen-bond donors (Lipinski definition) is 2. The van der Waals surface area contributed by atoms with Crippen molar-refractivity contribution in [1.29, 1.82) is 0 Å². The zero-order chi connectivity index (χ0) is 17.7. The zero-order valence-electron chi connectivity index (χ0n) is 14.4. The fourth-order valence-electron chi connectivity index (χ4n) is 4.62. The van der Waals surface area contributed by atoms with Crippen LogP contribution < -0.4 is 15.5 Å². The first-order chi connectivity index (χ1) is 12.7. The largest absolute Gasteiger partial charge is 0.367 e. The van der Waals surface area contributed by atoms with Crippen molar-refractivity contribution in [1.82, 2.24) is 5.32 Å². The van der Waals surface area contributed by atoms with Gasteiger partial charge in [-0.05, 0) is 48.4 Å². The van der Waals surface area contributed by atoms with Gasteiger partial charge in [-0.3, -0.25) is 0 Å². The standard InChI is InChI=1S/C20H21Cl2N3S/c21-16-2-1-3-17(22)19(16)24-13-8-12-11-26-7-6-25-18-4-5-23-10-15(18)14(9-13)20(12)25/h1-3,8-9,15,18,23-24H,4-7,10-11H2/t15?,18-/m0/s1. The van der Waals surface area contributed by atoms with E-state index in [2.05, 4.69) is 27.7 Å². The summed E-state index contributed by atoms with van der Waals surface area (Å²) < 4.78 is 0. The summed E-state index contributed by atoms with van der Waals surface area (Å²) in [6.45, 7) is 3.35. The first-order valence-corrected chi connectivity index (χ1v) is 11.1. The highest BCUT2D eigenvalue weighted by Gasteiger charge is 2.41. The van der Waals surface area contributed by atoms with Crippen LogP contribution in [0.1, 0.15) is 23.5 Å².